The van der Waals surface area contributed by atoms with Crippen molar-refractivity contribution in [1.29, 1.82) is 0 Å². The maximum Gasteiger partial charge on any atom is 0.282 e. The lowest BCUT2D eigenvalue weighted by molar-refractivity contribution is -0.914. The van der Waals surface area contributed by atoms with Crippen LogP contribution >= 0.6 is 0 Å². The van der Waals surface area contributed by atoms with Crippen LogP contribution in [0.25, 0.3) is 0 Å². The number of carbonyl (C=O) groups excluding carboxylic acids is 1. The van der Waals surface area contributed by atoms with Gasteiger partial charge < -0.3 is 20.2 Å². The first kappa shape index (κ1) is 18.1. The number of nitrogens with one attached hydrogen (secondary N) is 2. The number of carbonyl (C=O) groups is 1. The molecule has 1 amide bonds. The van der Waals surface area contributed by atoms with Crippen molar-refractivity contribution >= 4 is 17.3 Å². The minimum atomic E-state index is -0.654. The van der Waals surface area contributed by atoms with Gasteiger partial charge in [0.15, 0.2) is 6.04 Å². The zero-order valence-corrected chi connectivity index (χ0v) is 14.5. The molecule has 7 heteroatoms. The summed E-state index contributed by atoms with van der Waals surface area (Å²) >= 11 is 0. The van der Waals surface area contributed by atoms with Gasteiger partial charge in [0.2, 0.25) is 0 Å². The molecule has 1 aliphatic rings. The standard InChI is InChI=1S/C19H21F2N3O2/c1-13(19(26)22-18-12-14(20)2-7-17(18)21)23-8-10-24(11-9-23)15-3-5-16(25)6-4-15/h2-7,12-13,25H,8-11H2,1H3,(H,22,26)/p+1/t13-/m1/s1. The van der Waals surface area contributed by atoms with Crippen molar-refractivity contribution in [3.05, 3.63) is 54.1 Å². The van der Waals surface area contributed by atoms with Crippen LogP contribution < -0.4 is 15.1 Å². The summed E-state index contributed by atoms with van der Waals surface area (Å²) in [6.45, 7) is 4.83. The average Bonchev–Trinajstić information content (AvgIpc) is 2.65. The van der Waals surface area contributed by atoms with Crippen molar-refractivity contribution in [3.63, 3.8) is 0 Å². The molecule has 3 rings (SSSR count). The van der Waals surface area contributed by atoms with E-state index in [1.807, 2.05) is 12.1 Å². The van der Waals surface area contributed by atoms with Gasteiger partial charge in [-0.1, -0.05) is 0 Å². The van der Waals surface area contributed by atoms with Crippen molar-refractivity contribution in [3.8, 4) is 5.75 Å². The SMILES string of the molecule is C[C@H](C(=O)Nc1cc(F)ccc1F)[NH+]1CCN(c2ccc(O)cc2)CC1. The minimum Gasteiger partial charge on any atom is -0.508 e. The van der Waals surface area contributed by atoms with Gasteiger partial charge in [0, 0.05) is 11.8 Å². The summed E-state index contributed by atoms with van der Waals surface area (Å²) in [5.41, 5.74) is 0.893. The monoisotopic (exact) mass is 362 g/mol. The third-order valence-corrected chi connectivity index (χ3v) is 4.81. The Labute approximate surface area is 150 Å². The molecule has 138 valence electrons. The Morgan fingerprint density at radius 1 is 1.15 bits per heavy atom. The van der Waals surface area contributed by atoms with Gasteiger partial charge in [-0.05, 0) is 43.3 Å². The van der Waals surface area contributed by atoms with E-state index in [0.29, 0.717) is 0 Å². The van der Waals surface area contributed by atoms with Crippen molar-refractivity contribution in [2.75, 3.05) is 36.4 Å². The Morgan fingerprint density at radius 3 is 2.46 bits per heavy atom. The Hall–Kier alpha value is -2.67. The second-order valence-corrected chi connectivity index (χ2v) is 6.50. The molecular formula is C19H22F2N3O2+. The summed E-state index contributed by atoms with van der Waals surface area (Å²) in [5.74, 6) is -1.35. The Balaban J connectivity index is 1.57. The molecule has 0 bridgehead atoms. The van der Waals surface area contributed by atoms with Crippen LogP contribution in [0, 0.1) is 11.6 Å². The molecule has 1 atom stereocenters. The van der Waals surface area contributed by atoms with Gasteiger partial charge in [-0.25, -0.2) is 8.78 Å². The maximum absolute atomic E-state index is 13.7. The first-order chi connectivity index (χ1) is 12.4. The molecule has 0 aromatic heterocycles. The predicted molar refractivity (Wildman–Crippen MR) is 95.5 cm³/mol. The van der Waals surface area contributed by atoms with Gasteiger partial charge >= 0.3 is 0 Å². The van der Waals surface area contributed by atoms with E-state index in [4.69, 9.17) is 0 Å². The van der Waals surface area contributed by atoms with E-state index in [1.54, 1.807) is 19.1 Å². The lowest BCUT2D eigenvalue weighted by atomic mass is 10.2. The number of piperazine rings is 1. The molecule has 1 saturated heterocycles. The van der Waals surface area contributed by atoms with Crippen LogP contribution in [-0.4, -0.2) is 43.2 Å². The van der Waals surface area contributed by atoms with Crippen LogP contribution in [0.5, 0.6) is 5.75 Å². The van der Waals surface area contributed by atoms with Crippen LogP contribution in [0.4, 0.5) is 20.2 Å². The van der Waals surface area contributed by atoms with Gasteiger partial charge in [0.1, 0.15) is 17.4 Å². The summed E-state index contributed by atoms with van der Waals surface area (Å²) in [7, 11) is 0. The highest BCUT2D eigenvalue weighted by atomic mass is 19.1. The number of phenolic OH excluding ortho intramolecular Hbond substituents is 1. The number of anilines is 2. The number of quaternary nitrogens is 1. The lowest BCUT2D eigenvalue weighted by Crippen LogP contribution is -3.19. The first-order valence-corrected chi connectivity index (χ1v) is 8.58. The third kappa shape index (κ3) is 4.11. The van der Waals surface area contributed by atoms with Gasteiger partial charge in [0.25, 0.3) is 5.91 Å². The van der Waals surface area contributed by atoms with Gasteiger partial charge in [-0.2, -0.15) is 0 Å². The highest BCUT2D eigenvalue weighted by Gasteiger charge is 2.29. The Bertz CT molecular complexity index is 775. The van der Waals surface area contributed by atoms with Gasteiger partial charge in [0.05, 0.1) is 31.9 Å². The van der Waals surface area contributed by atoms with E-state index >= 15 is 0 Å². The van der Waals surface area contributed by atoms with E-state index in [9.17, 15) is 18.7 Å². The largest absolute Gasteiger partial charge is 0.508 e. The van der Waals surface area contributed by atoms with E-state index in [0.717, 1.165) is 55.0 Å². The summed E-state index contributed by atoms with van der Waals surface area (Å²) in [6, 6.07) is 9.65. The first-order valence-electron chi connectivity index (χ1n) is 8.58. The fourth-order valence-corrected chi connectivity index (χ4v) is 3.17. The number of hydrogen-bond acceptors (Lipinski definition) is 3. The summed E-state index contributed by atoms with van der Waals surface area (Å²) in [6.07, 6.45) is 0. The van der Waals surface area contributed by atoms with E-state index in [1.165, 1.54) is 0 Å². The van der Waals surface area contributed by atoms with Crippen molar-refractivity contribution in [1.82, 2.24) is 0 Å². The minimum absolute atomic E-state index is 0.135. The molecule has 2 aromatic carbocycles. The fraction of sp³-hybridized carbons (Fsp3) is 0.316. The molecule has 5 nitrogen and oxygen atoms in total. The molecule has 0 saturated carbocycles. The zero-order valence-electron chi connectivity index (χ0n) is 14.5. The Kier molecular flexibility index (Phi) is 5.37. The van der Waals surface area contributed by atoms with Crippen molar-refractivity contribution in [2.45, 2.75) is 13.0 Å². The normalized spacial score (nSPS) is 16.3. The smallest absolute Gasteiger partial charge is 0.282 e. The Morgan fingerprint density at radius 2 is 1.81 bits per heavy atom. The third-order valence-electron chi connectivity index (χ3n) is 4.81. The molecule has 0 unspecified atom stereocenters. The molecule has 0 aliphatic carbocycles. The average molecular weight is 362 g/mol. The quantitative estimate of drug-likeness (QED) is 0.771. The second kappa shape index (κ2) is 7.70. The van der Waals surface area contributed by atoms with Gasteiger partial charge in [-0.3, -0.25) is 4.79 Å². The van der Waals surface area contributed by atoms with Gasteiger partial charge in [-0.15, -0.1) is 0 Å². The van der Waals surface area contributed by atoms with Crippen LogP contribution in [0.2, 0.25) is 0 Å². The highest BCUT2D eigenvalue weighted by molar-refractivity contribution is 5.93. The topological polar surface area (TPSA) is 57.0 Å². The molecule has 2 aromatic rings. The summed E-state index contributed by atoms with van der Waals surface area (Å²) in [5, 5.41) is 11.9. The maximum atomic E-state index is 13.7. The van der Waals surface area contributed by atoms with Crippen LogP contribution in [-0.2, 0) is 4.79 Å². The van der Waals surface area contributed by atoms with Crippen LogP contribution in [0.1, 0.15) is 6.92 Å². The number of halogens is 2. The molecule has 26 heavy (non-hydrogen) atoms. The van der Waals surface area contributed by atoms with Crippen LogP contribution in [0.3, 0.4) is 0 Å². The molecule has 1 aliphatic heterocycles. The summed E-state index contributed by atoms with van der Waals surface area (Å²) in [4.78, 5) is 15.7. The number of aromatic hydroxyl groups is 1. The number of phenols is 1. The number of hydrogen-bond donors (Lipinski definition) is 3. The second-order valence-electron chi connectivity index (χ2n) is 6.50. The molecule has 1 fully saturated rings. The van der Waals surface area contributed by atoms with E-state index < -0.39 is 11.6 Å². The molecule has 0 spiro atoms. The lowest BCUT2D eigenvalue weighted by Gasteiger charge is -2.36. The highest BCUT2D eigenvalue weighted by Crippen LogP contribution is 2.18. The van der Waals surface area contributed by atoms with Crippen molar-refractivity contribution in [2.24, 2.45) is 0 Å². The molecule has 0 radical (unpaired) electrons. The molecule has 3 N–H and O–H groups in total. The molecule has 1 heterocycles. The van der Waals surface area contributed by atoms with E-state index in [-0.39, 0.29) is 23.4 Å². The molecular weight excluding hydrogens is 340 g/mol. The number of rotatable bonds is 4. The fourth-order valence-electron chi connectivity index (χ4n) is 3.17. The number of benzene rings is 2. The van der Waals surface area contributed by atoms with Crippen LogP contribution in [0.15, 0.2) is 42.5 Å². The number of amides is 1. The predicted octanol–water partition coefficient (Wildman–Crippen LogP) is 1.40. The number of nitrogens with zero attached hydrogens (tertiary/aromatic N) is 1. The summed E-state index contributed by atoms with van der Waals surface area (Å²) < 4.78 is 26.9. The van der Waals surface area contributed by atoms with Crippen molar-refractivity contribution < 1.29 is 23.6 Å². The zero-order chi connectivity index (χ0) is 18.7. The van der Waals surface area contributed by atoms with E-state index in [2.05, 4.69) is 10.2 Å².